The third kappa shape index (κ3) is 6.44. The minimum Gasteiger partial charge on any atom is -0.481 e. The van der Waals surface area contributed by atoms with Gasteiger partial charge in [0.15, 0.2) is 0 Å². The minimum absolute atomic E-state index is 0.00254. The Hall–Kier alpha value is -1.30. The lowest BCUT2D eigenvalue weighted by molar-refractivity contribution is -0.137. The summed E-state index contributed by atoms with van der Waals surface area (Å²) < 4.78 is 0. The molecule has 0 rings (SSSR count). The number of urea groups is 1. The van der Waals surface area contributed by atoms with E-state index in [9.17, 15) is 14.7 Å². The number of carbonyl (C=O) groups is 2. The molecule has 0 aliphatic carbocycles. The van der Waals surface area contributed by atoms with E-state index in [-0.39, 0.29) is 25.0 Å². The molecule has 6 nitrogen and oxygen atoms in total. The van der Waals surface area contributed by atoms with E-state index in [1.54, 1.807) is 18.9 Å². The van der Waals surface area contributed by atoms with E-state index >= 15 is 0 Å². The fourth-order valence-electron chi connectivity index (χ4n) is 1.67. The van der Waals surface area contributed by atoms with E-state index in [1.165, 1.54) is 4.90 Å². The summed E-state index contributed by atoms with van der Waals surface area (Å²) in [6, 6.07) is -0.181. The molecule has 106 valence electrons. The predicted octanol–water partition coefficient (Wildman–Crippen LogP) is 0.994. The lowest BCUT2D eigenvalue weighted by Gasteiger charge is -2.31. The molecule has 0 aliphatic rings. The molecular weight excluding hydrogens is 236 g/mol. The maximum atomic E-state index is 12.1. The number of nitrogens with zero attached hydrogens (tertiary/aromatic N) is 2. The first-order valence-corrected chi connectivity index (χ1v) is 6.17. The Morgan fingerprint density at radius 2 is 1.78 bits per heavy atom. The Bertz CT molecular complexity index is 279. The number of rotatable bonds is 7. The Kier molecular flexibility index (Phi) is 7.35. The number of aliphatic hydroxyl groups is 1. The van der Waals surface area contributed by atoms with Crippen LogP contribution in [0, 0.1) is 0 Å². The summed E-state index contributed by atoms with van der Waals surface area (Å²) in [6.45, 7) is 6.06. The van der Waals surface area contributed by atoms with Crippen LogP contribution in [0.25, 0.3) is 0 Å². The van der Waals surface area contributed by atoms with Crippen molar-refractivity contribution in [2.75, 3.05) is 20.1 Å². The highest BCUT2D eigenvalue weighted by molar-refractivity contribution is 5.74. The van der Waals surface area contributed by atoms with Gasteiger partial charge in [0, 0.05) is 32.6 Å². The Labute approximate surface area is 108 Å². The maximum absolute atomic E-state index is 12.1. The molecule has 18 heavy (non-hydrogen) atoms. The quantitative estimate of drug-likeness (QED) is 0.715. The highest BCUT2D eigenvalue weighted by Gasteiger charge is 2.21. The van der Waals surface area contributed by atoms with Gasteiger partial charge in [0.1, 0.15) is 0 Å². The second kappa shape index (κ2) is 7.92. The number of amides is 2. The number of carbonyl (C=O) groups excluding carboxylic acids is 1. The summed E-state index contributed by atoms with van der Waals surface area (Å²) in [5.74, 6) is -0.858. The smallest absolute Gasteiger partial charge is 0.320 e. The third-order valence-electron chi connectivity index (χ3n) is 2.52. The minimum atomic E-state index is -0.858. The van der Waals surface area contributed by atoms with Gasteiger partial charge in [-0.25, -0.2) is 4.79 Å². The highest BCUT2D eigenvalue weighted by Crippen LogP contribution is 2.06. The van der Waals surface area contributed by atoms with Gasteiger partial charge in [-0.1, -0.05) is 0 Å². The lowest BCUT2D eigenvalue weighted by atomic mass is 10.2. The van der Waals surface area contributed by atoms with Crippen molar-refractivity contribution in [3.8, 4) is 0 Å². The van der Waals surface area contributed by atoms with E-state index in [0.717, 1.165) is 0 Å². The first kappa shape index (κ1) is 16.7. The summed E-state index contributed by atoms with van der Waals surface area (Å²) in [4.78, 5) is 25.6. The molecule has 0 radical (unpaired) electrons. The fraction of sp³-hybridized carbons (Fsp3) is 0.833. The van der Waals surface area contributed by atoms with E-state index in [1.807, 2.05) is 13.8 Å². The van der Waals surface area contributed by atoms with Crippen molar-refractivity contribution in [2.24, 2.45) is 0 Å². The van der Waals surface area contributed by atoms with Gasteiger partial charge in [0.25, 0.3) is 0 Å². The second-order valence-electron chi connectivity index (χ2n) is 4.80. The zero-order valence-electron chi connectivity index (χ0n) is 11.6. The number of aliphatic hydroxyl groups excluding tert-OH is 1. The van der Waals surface area contributed by atoms with Gasteiger partial charge in [0.2, 0.25) is 0 Å². The van der Waals surface area contributed by atoms with Gasteiger partial charge >= 0.3 is 12.0 Å². The number of likely N-dealkylation sites (N-methyl/N-ethyl adjacent to an activating group) is 1. The fourth-order valence-corrected chi connectivity index (χ4v) is 1.67. The van der Waals surface area contributed by atoms with Crippen LogP contribution in [-0.2, 0) is 4.79 Å². The molecule has 1 unspecified atom stereocenters. The lowest BCUT2D eigenvalue weighted by Crippen LogP contribution is -2.47. The van der Waals surface area contributed by atoms with Crippen LogP contribution in [0.5, 0.6) is 0 Å². The normalized spacial score (nSPS) is 12.3. The number of aliphatic carboxylic acids is 1. The topological polar surface area (TPSA) is 81.1 Å². The van der Waals surface area contributed by atoms with E-state index in [0.29, 0.717) is 13.0 Å². The molecule has 0 spiro atoms. The molecule has 2 amide bonds. The third-order valence-corrected chi connectivity index (χ3v) is 2.52. The molecular formula is C12H24N2O4. The summed E-state index contributed by atoms with van der Waals surface area (Å²) in [6.07, 6.45) is -0.0924. The van der Waals surface area contributed by atoms with Crippen molar-refractivity contribution < 1.29 is 19.8 Å². The van der Waals surface area contributed by atoms with Gasteiger partial charge < -0.3 is 20.0 Å². The summed E-state index contributed by atoms with van der Waals surface area (Å²) >= 11 is 0. The van der Waals surface area contributed by atoms with Gasteiger partial charge in [-0.05, 0) is 27.2 Å². The monoisotopic (exact) mass is 260 g/mol. The largest absolute Gasteiger partial charge is 0.481 e. The van der Waals surface area contributed by atoms with Gasteiger partial charge in [-0.15, -0.1) is 0 Å². The zero-order valence-corrected chi connectivity index (χ0v) is 11.6. The van der Waals surface area contributed by atoms with E-state index in [4.69, 9.17) is 5.11 Å². The summed E-state index contributed by atoms with van der Waals surface area (Å²) in [5.41, 5.74) is 0. The molecule has 0 aromatic rings. The number of carboxylic acid groups (broad SMARTS) is 1. The SMILES string of the molecule is CC(O)CN(C)C(=O)N(CCCC(=O)O)C(C)C. The molecule has 0 aromatic carbocycles. The predicted molar refractivity (Wildman–Crippen MR) is 68.4 cm³/mol. The molecule has 0 saturated heterocycles. The van der Waals surface area contributed by atoms with Crippen molar-refractivity contribution in [1.29, 1.82) is 0 Å². The highest BCUT2D eigenvalue weighted by atomic mass is 16.4. The van der Waals surface area contributed by atoms with Gasteiger partial charge in [0.05, 0.1) is 6.10 Å². The number of hydrogen-bond acceptors (Lipinski definition) is 3. The van der Waals surface area contributed by atoms with E-state index in [2.05, 4.69) is 0 Å². The molecule has 6 heteroatoms. The van der Waals surface area contributed by atoms with Crippen LogP contribution < -0.4 is 0 Å². The van der Waals surface area contributed by atoms with Gasteiger partial charge in [-0.3, -0.25) is 4.79 Å². The molecule has 2 N–H and O–H groups in total. The van der Waals surface area contributed by atoms with Crippen LogP contribution in [-0.4, -0.2) is 64.3 Å². The van der Waals surface area contributed by atoms with Crippen molar-refractivity contribution >= 4 is 12.0 Å². The van der Waals surface area contributed by atoms with E-state index < -0.39 is 12.1 Å². The Morgan fingerprint density at radius 3 is 2.17 bits per heavy atom. The van der Waals surface area contributed by atoms with Crippen molar-refractivity contribution in [3.05, 3.63) is 0 Å². The average Bonchev–Trinajstić information content (AvgIpc) is 2.21. The molecule has 0 heterocycles. The molecule has 0 saturated carbocycles. The average molecular weight is 260 g/mol. The Morgan fingerprint density at radius 1 is 1.22 bits per heavy atom. The molecule has 0 aromatic heterocycles. The van der Waals surface area contributed by atoms with Crippen LogP contribution in [0.3, 0.4) is 0 Å². The van der Waals surface area contributed by atoms with Crippen molar-refractivity contribution in [2.45, 2.75) is 45.8 Å². The van der Waals surface area contributed by atoms with Crippen molar-refractivity contribution in [1.82, 2.24) is 9.80 Å². The second-order valence-corrected chi connectivity index (χ2v) is 4.80. The summed E-state index contributed by atoms with van der Waals surface area (Å²) in [7, 11) is 1.63. The standard InChI is InChI=1S/C12H24N2O4/c1-9(2)14(7-5-6-11(16)17)12(18)13(4)8-10(3)15/h9-10,15H,5-8H2,1-4H3,(H,16,17). The molecule has 0 aliphatic heterocycles. The number of carboxylic acids is 1. The van der Waals surface area contributed by atoms with Crippen LogP contribution in [0.1, 0.15) is 33.6 Å². The zero-order chi connectivity index (χ0) is 14.3. The van der Waals surface area contributed by atoms with Crippen LogP contribution in [0.15, 0.2) is 0 Å². The van der Waals surface area contributed by atoms with Crippen LogP contribution in [0.2, 0.25) is 0 Å². The first-order chi connectivity index (χ1) is 8.25. The van der Waals surface area contributed by atoms with Gasteiger partial charge in [-0.2, -0.15) is 0 Å². The van der Waals surface area contributed by atoms with Crippen LogP contribution >= 0.6 is 0 Å². The molecule has 0 fully saturated rings. The first-order valence-electron chi connectivity index (χ1n) is 6.17. The maximum Gasteiger partial charge on any atom is 0.320 e. The van der Waals surface area contributed by atoms with Crippen LogP contribution in [0.4, 0.5) is 4.79 Å². The molecule has 1 atom stereocenters. The molecule has 0 bridgehead atoms. The Balaban J connectivity index is 4.39. The number of hydrogen-bond donors (Lipinski definition) is 2. The van der Waals surface area contributed by atoms with Crippen molar-refractivity contribution in [3.63, 3.8) is 0 Å². The summed E-state index contributed by atoms with van der Waals surface area (Å²) in [5, 5.41) is 17.8.